The van der Waals surface area contributed by atoms with Gasteiger partial charge in [-0.25, -0.2) is 8.42 Å². The van der Waals surface area contributed by atoms with Crippen molar-refractivity contribution in [2.24, 2.45) is 0 Å². The monoisotopic (exact) mass is 419 g/mol. The number of likely N-dealkylation sites (tertiary alicyclic amines) is 1. The molecule has 1 unspecified atom stereocenters. The lowest BCUT2D eigenvalue weighted by Crippen LogP contribution is -2.45. The average Bonchev–Trinajstić information content (AvgIpc) is 3.54. The van der Waals surface area contributed by atoms with Gasteiger partial charge < -0.3 is 10.2 Å². The number of rotatable bonds is 5. The van der Waals surface area contributed by atoms with E-state index < -0.39 is 10.0 Å². The molecule has 0 aromatic heterocycles. The molecular weight excluding hydrogens is 386 g/mol. The van der Waals surface area contributed by atoms with Gasteiger partial charge in [0, 0.05) is 43.3 Å². The Kier molecular flexibility index (Phi) is 6.00. The molecule has 7 heteroatoms. The highest BCUT2D eigenvalue weighted by atomic mass is 32.2. The number of benzene rings is 1. The Morgan fingerprint density at radius 3 is 2.41 bits per heavy atom. The standard InChI is InChI=1S/C22H33N3O3S/c1-16-6-9-20(29(27,28)25-12-4-3-5-17(25)2)15-21(16)22(26)23-18-10-13-24(14-11-18)19-7-8-19/h6,9,15,17-19H,3-5,7-8,10-14H2,1-2H3,(H,23,26). The van der Waals surface area contributed by atoms with Crippen LogP contribution in [0, 0.1) is 6.92 Å². The van der Waals surface area contributed by atoms with E-state index in [2.05, 4.69) is 10.2 Å². The number of carbonyl (C=O) groups excluding carboxylic acids is 1. The van der Waals surface area contributed by atoms with Gasteiger partial charge in [0.2, 0.25) is 10.0 Å². The smallest absolute Gasteiger partial charge is 0.251 e. The number of nitrogens with one attached hydrogen (secondary N) is 1. The largest absolute Gasteiger partial charge is 0.349 e. The van der Waals surface area contributed by atoms with Crippen LogP contribution in [0.2, 0.25) is 0 Å². The van der Waals surface area contributed by atoms with Crippen LogP contribution in [0.15, 0.2) is 23.1 Å². The summed E-state index contributed by atoms with van der Waals surface area (Å²) in [4.78, 5) is 15.7. The van der Waals surface area contributed by atoms with Gasteiger partial charge in [-0.05, 0) is 70.1 Å². The lowest BCUT2D eigenvalue weighted by Gasteiger charge is -2.33. The summed E-state index contributed by atoms with van der Waals surface area (Å²) in [6.07, 6.45) is 7.39. The lowest BCUT2D eigenvalue weighted by atomic mass is 10.0. The van der Waals surface area contributed by atoms with Crippen LogP contribution in [-0.4, -0.2) is 61.3 Å². The number of hydrogen-bond acceptors (Lipinski definition) is 4. The highest BCUT2D eigenvalue weighted by molar-refractivity contribution is 7.89. The molecule has 0 spiro atoms. The third-order valence-corrected chi connectivity index (χ3v) is 8.74. The second-order valence-corrected chi connectivity index (χ2v) is 10.8. The Labute approximate surface area is 174 Å². The first-order valence-electron chi connectivity index (χ1n) is 11.0. The molecule has 0 radical (unpaired) electrons. The van der Waals surface area contributed by atoms with E-state index in [4.69, 9.17) is 0 Å². The minimum Gasteiger partial charge on any atom is -0.349 e. The third-order valence-electron chi connectivity index (χ3n) is 6.73. The first-order valence-corrected chi connectivity index (χ1v) is 12.5. The molecule has 160 valence electrons. The molecule has 1 aliphatic carbocycles. The number of hydrogen-bond donors (Lipinski definition) is 1. The van der Waals surface area contributed by atoms with Gasteiger partial charge in [0.15, 0.2) is 0 Å². The molecule has 2 heterocycles. The Morgan fingerprint density at radius 2 is 1.76 bits per heavy atom. The Balaban J connectivity index is 1.47. The molecule has 6 nitrogen and oxygen atoms in total. The summed E-state index contributed by atoms with van der Waals surface area (Å²) in [5, 5.41) is 3.15. The van der Waals surface area contributed by atoms with Crippen LogP contribution in [0.3, 0.4) is 0 Å². The van der Waals surface area contributed by atoms with Crippen LogP contribution < -0.4 is 5.32 Å². The van der Waals surface area contributed by atoms with E-state index in [1.807, 2.05) is 13.8 Å². The van der Waals surface area contributed by atoms with Crippen LogP contribution in [0.4, 0.5) is 0 Å². The summed E-state index contributed by atoms with van der Waals surface area (Å²) < 4.78 is 27.9. The van der Waals surface area contributed by atoms with E-state index in [1.165, 1.54) is 12.8 Å². The summed E-state index contributed by atoms with van der Waals surface area (Å²) >= 11 is 0. The molecule has 1 atom stereocenters. The first kappa shape index (κ1) is 20.8. The van der Waals surface area contributed by atoms with Gasteiger partial charge in [0.25, 0.3) is 5.91 Å². The van der Waals surface area contributed by atoms with Crippen molar-refractivity contribution in [2.75, 3.05) is 19.6 Å². The zero-order valence-electron chi connectivity index (χ0n) is 17.6. The summed E-state index contributed by atoms with van der Waals surface area (Å²) in [5.41, 5.74) is 1.28. The average molecular weight is 420 g/mol. The second-order valence-electron chi connectivity index (χ2n) is 8.95. The number of sulfonamides is 1. The molecule has 4 rings (SSSR count). The lowest BCUT2D eigenvalue weighted by molar-refractivity contribution is 0.0908. The van der Waals surface area contributed by atoms with E-state index >= 15 is 0 Å². The Hall–Kier alpha value is -1.44. The van der Waals surface area contributed by atoms with E-state index in [0.717, 1.165) is 56.8 Å². The van der Waals surface area contributed by atoms with Crippen molar-refractivity contribution in [3.63, 3.8) is 0 Å². The minimum atomic E-state index is -3.58. The molecule has 0 bridgehead atoms. The molecule has 1 N–H and O–H groups in total. The third kappa shape index (κ3) is 4.52. The van der Waals surface area contributed by atoms with Crippen molar-refractivity contribution in [3.8, 4) is 0 Å². The van der Waals surface area contributed by atoms with Crippen molar-refractivity contribution in [3.05, 3.63) is 29.3 Å². The summed E-state index contributed by atoms with van der Waals surface area (Å²) in [6, 6.07) is 5.90. The van der Waals surface area contributed by atoms with Crippen molar-refractivity contribution < 1.29 is 13.2 Å². The Bertz CT molecular complexity index is 858. The van der Waals surface area contributed by atoms with Gasteiger partial charge in [-0.2, -0.15) is 4.31 Å². The van der Waals surface area contributed by atoms with Gasteiger partial charge in [-0.15, -0.1) is 0 Å². The fourth-order valence-electron chi connectivity index (χ4n) is 4.68. The highest BCUT2D eigenvalue weighted by Crippen LogP contribution is 2.30. The SMILES string of the molecule is Cc1ccc(S(=O)(=O)N2CCCCC2C)cc1C(=O)NC1CCN(C2CC2)CC1. The topological polar surface area (TPSA) is 69.7 Å². The van der Waals surface area contributed by atoms with Gasteiger partial charge >= 0.3 is 0 Å². The van der Waals surface area contributed by atoms with Gasteiger partial charge in [-0.3, -0.25) is 4.79 Å². The number of amides is 1. The normalized spacial score (nSPS) is 25.1. The molecule has 2 aliphatic heterocycles. The van der Waals surface area contributed by atoms with Crippen LogP contribution in [0.1, 0.15) is 67.8 Å². The van der Waals surface area contributed by atoms with E-state index in [9.17, 15) is 13.2 Å². The summed E-state index contributed by atoms with van der Waals surface area (Å²) in [5.74, 6) is -0.156. The second kappa shape index (κ2) is 8.36. The molecule has 1 aromatic rings. The highest BCUT2D eigenvalue weighted by Gasteiger charge is 2.33. The minimum absolute atomic E-state index is 0.00369. The molecule has 1 saturated carbocycles. The van der Waals surface area contributed by atoms with Crippen LogP contribution in [0.25, 0.3) is 0 Å². The van der Waals surface area contributed by atoms with Crippen molar-refractivity contribution >= 4 is 15.9 Å². The van der Waals surface area contributed by atoms with Gasteiger partial charge in [0.05, 0.1) is 4.90 Å². The summed E-state index contributed by atoms with van der Waals surface area (Å²) in [7, 11) is -3.58. The maximum Gasteiger partial charge on any atom is 0.251 e. The summed E-state index contributed by atoms with van der Waals surface area (Å²) in [6.45, 7) is 6.46. The van der Waals surface area contributed by atoms with Crippen molar-refractivity contribution in [1.82, 2.24) is 14.5 Å². The van der Waals surface area contributed by atoms with E-state index in [-0.39, 0.29) is 22.9 Å². The predicted molar refractivity (Wildman–Crippen MR) is 113 cm³/mol. The fourth-order valence-corrected chi connectivity index (χ4v) is 6.41. The molecule has 1 amide bonds. The molecule has 1 aromatic carbocycles. The maximum atomic E-state index is 13.2. The van der Waals surface area contributed by atoms with Crippen LogP contribution in [0.5, 0.6) is 0 Å². The van der Waals surface area contributed by atoms with Crippen LogP contribution in [-0.2, 0) is 10.0 Å². The Morgan fingerprint density at radius 1 is 1.03 bits per heavy atom. The number of piperidine rings is 2. The molecule has 3 aliphatic rings. The van der Waals surface area contributed by atoms with Gasteiger partial charge in [0.1, 0.15) is 0 Å². The van der Waals surface area contributed by atoms with Crippen molar-refractivity contribution in [1.29, 1.82) is 0 Å². The molecule has 2 saturated heterocycles. The zero-order valence-corrected chi connectivity index (χ0v) is 18.4. The van der Waals surface area contributed by atoms with E-state index in [0.29, 0.717) is 12.1 Å². The first-order chi connectivity index (χ1) is 13.9. The van der Waals surface area contributed by atoms with E-state index in [1.54, 1.807) is 22.5 Å². The zero-order chi connectivity index (χ0) is 20.6. The number of nitrogens with zero attached hydrogens (tertiary/aromatic N) is 2. The number of carbonyl (C=O) groups is 1. The maximum absolute atomic E-state index is 13.2. The van der Waals surface area contributed by atoms with Crippen LogP contribution >= 0.6 is 0 Å². The quantitative estimate of drug-likeness (QED) is 0.797. The number of aryl methyl sites for hydroxylation is 1. The van der Waals surface area contributed by atoms with Crippen molar-refractivity contribution in [2.45, 2.75) is 81.8 Å². The molecular formula is C22H33N3O3S. The molecule has 29 heavy (non-hydrogen) atoms. The molecule has 3 fully saturated rings. The van der Waals surface area contributed by atoms with Gasteiger partial charge in [-0.1, -0.05) is 12.5 Å². The predicted octanol–water partition coefficient (Wildman–Crippen LogP) is 2.91. The fraction of sp³-hybridized carbons (Fsp3) is 0.682.